The van der Waals surface area contributed by atoms with Crippen LogP contribution in [0.5, 0.6) is 5.75 Å². The smallest absolute Gasteiger partial charge is 0.406 e. The van der Waals surface area contributed by atoms with Crippen LogP contribution in [0.4, 0.5) is 24.5 Å². The van der Waals surface area contributed by atoms with Crippen LogP contribution in [0, 0.1) is 0 Å². The molecule has 1 saturated heterocycles. The largest absolute Gasteiger partial charge is 0.573 e. The third kappa shape index (κ3) is 2.74. The molecule has 2 aromatic carbocycles. The number of para-hydroxylation sites is 1. The van der Waals surface area contributed by atoms with Gasteiger partial charge >= 0.3 is 6.36 Å². The highest BCUT2D eigenvalue weighted by molar-refractivity contribution is 6.01. The summed E-state index contributed by atoms with van der Waals surface area (Å²) >= 11 is 0. The Morgan fingerprint density at radius 2 is 1.77 bits per heavy atom. The summed E-state index contributed by atoms with van der Waals surface area (Å²) in [4.78, 5) is 12.7. The van der Waals surface area contributed by atoms with Crippen LogP contribution >= 0.6 is 0 Å². The fourth-order valence-electron chi connectivity index (χ4n) is 3.32. The van der Waals surface area contributed by atoms with Crippen LogP contribution in [0.1, 0.15) is 12.0 Å². The zero-order chi connectivity index (χ0) is 18.5. The van der Waals surface area contributed by atoms with Gasteiger partial charge in [0.2, 0.25) is 0 Å². The van der Waals surface area contributed by atoms with E-state index in [0.717, 1.165) is 28.4 Å². The molecule has 26 heavy (non-hydrogen) atoms. The molecule has 1 atom stereocenters. The Labute approximate surface area is 146 Å². The van der Waals surface area contributed by atoms with Crippen LogP contribution in [-0.2, 0) is 11.2 Å². The maximum absolute atomic E-state index is 12.7. The number of fused-ring (bicyclic) bond motifs is 3. The Hall–Kier alpha value is -2.78. The van der Waals surface area contributed by atoms with Gasteiger partial charge in [-0.15, -0.1) is 13.2 Å². The zero-order valence-corrected chi connectivity index (χ0v) is 13.3. The molecule has 2 heterocycles. The fourth-order valence-corrected chi connectivity index (χ4v) is 3.32. The van der Waals surface area contributed by atoms with Crippen molar-refractivity contribution in [2.24, 2.45) is 0 Å². The summed E-state index contributed by atoms with van der Waals surface area (Å²) in [6.45, 7) is 0. The summed E-state index contributed by atoms with van der Waals surface area (Å²) in [6, 6.07) is 11.6. The van der Waals surface area contributed by atoms with E-state index >= 15 is 0 Å². The number of hydrogen-bond donors (Lipinski definition) is 1. The van der Waals surface area contributed by atoms with Gasteiger partial charge in [-0.25, -0.2) is 0 Å². The van der Waals surface area contributed by atoms with Gasteiger partial charge in [-0.05, 0) is 48.7 Å². The highest BCUT2D eigenvalue weighted by Gasteiger charge is 2.48. The minimum absolute atomic E-state index is 0.235. The molecule has 6 nitrogen and oxygen atoms in total. The van der Waals surface area contributed by atoms with Gasteiger partial charge in [0.1, 0.15) is 11.8 Å². The molecule has 0 bridgehead atoms. The summed E-state index contributed by atoms with van der Waals surface area (Å²) in [6.07, 6.45) is -3.57. The monoisotopic (exact) mass is 365 g/mol. The third-order valence-corrected chi connectivity index (χ3v) is 4.40. The number of halogens is 3. The van der Waals surface area contributed by atoms with Gasteiger partial charge in [-0.2, -0.15) is 5.01 Å². The molecule has 0 spiro atoms. The predicted octanol–water partition coefficient (Wildman–Crippen LogP) is 3.27. The standard InChI is InChI=1S/C17H14F3N3O3/c18-17(19,20)26-13-8-6-12(7-9-13)21-16(24)15-10-5-11-3-1-2-4-14(11)22(15)23(21)25/h1-4,6-9,15,25H,5,10H2. The second kappa shape index (κ2) is 5.89. The lowest BCUT2D eigenvalue weighted by Crippen LogP contribution is -2.46. The minimum atomic E-state index is -4.79. The number of ether oxygens (including phenoxy) is 1. The lowest BCUT2D eigenvalue weighted by atomic mass is 9.97. The Balaban J connectivity index is 1.63. The molecule has 136 valence electrons. The SMILES string of the molecule is O=C1C2CCc3ccccc3N2N(O)N1c1ccc(OC(F)(F)F)cc1. The van der Waals surface area contributed by atoms with E-state index in [4.69, 9.17) is 0 Å². The molecule has 2 aliphatic rings. The number of benzene rings is 2. The van der Waals surface area contributed by atoms with E-state index in [0.29, 0.717) is 18.1 Å². The summed E-state index contributed by atoms with van der Waals surface area (Å²) in [7, 11) is 0. The van der Waals surface area contributed by atoms with Crippen molar-refractivity contribution in [1.82, 2.24) is 5.28 Å². The number of carbonyl (C=O) groups excluding carboxylic acids is 1. The van der Waals surface area contributed by atoms with Crippen molar-refractivity contribution in [3.63, 3.8) is 0 Å². The van der Waals surface area contributed by atoms with Gasteiger partial charge < -0.3 is 4.74 Å². The van der Waals surface area contributed by atoms with Gasteiger partial charge in [0.15, 0.2) is 0 Å². The average molecular weight is 365 g/mol. The summed E-state index contributed by atoms with van der Waals surface area (Å²) in [5.41, 5.74) is 1.96. The van der Waals surface area contributed by atoms with E-state index in [-0.39, 0.29) is 11.6 Å². The van der Waals surface area contributed by atoms with Crippen LogP contribution < -0.4 is 14.8 Å². The van der Waals surface area contributed by atoms with Gasteiger partial charge in [0, 0.05) is 5.28 Å². The number of aryl methyl sites for hydroxylation is 1. The third-order valence-electron chi connectivity index (χ3n) is 4.40. The number of anilines is 2. The molecule has 0 aromatic heterocycles. The molecular formula is C17H14F3N3O3. The van der Waals surface area contributed by atoms with Gasteiger partial charge in [0.05, 0.1) is 11.4 Å². The van der Waals surface area contributed by atoms with Crippen LogP contribution in [0.3, 0.4) is 0 Å². The lowest BCUT2D eigenvalue weighted by molar-refractivity contribution is -0.274. The number of nitrogens with zero attached hydrogens (tertiary/aromatic N) is 3. The molecule has 1 unspecified atom stereocenters. The molecule has 0 saturated carbocycles. The number of rotatable bonds is 2. The Morgan fingerprint density at radius 3 is 2.46 bits per heavy atom. The van der Waals surface area contributed by atoms with Crippen LogP contribution in [0.25, 0.3) is 0 Å². The first-order valence-corrected chi connectivity index (χ1v) is 7.91. The Morgan fingerprint density at radius 1 is 1.08 bits per heavy atom. The number of hydrogen-bond acceptors (Lipinski definition) is 5. The molecule has 1 amide bonds. The molecule has 4 rings (SSSR count). The number of amides is 1. The highest BCUT2D eigenvalue weighted by atomic mass is 19.4. The maximum Gasteiger partial charge on any atom is 0.573 e. The Kier molecular flexibility index (Phi) is 3.78. The average Bonchev–Trinajstić information content (AvgIpc) is 2.86. The van der Waals surface area contributed by atoms with Crippen molar-refractivity contribution >= 4 is 17.3 Å². The summed E-state index contributed by atoms with van der Waals surface area (Å²) < 4.78 is 40.6. The van der Waals surface area contributed by atoms with E-state index in [1.54, 1.807) is 0 Å². The second-order valence-corrected chi connectivity index (χ2v) is 5.99. The topological polar surface area (TPSA) is 56.2 Å². The van der Waals surface area contributed by atoms with Gasteiger partial charge in [-0.3, -0.25) is 15.0 Å². The molecule has 2 aliphatic heterocycles. The molecule has 1 N–H and O–H groups in total. The molecule has 2 aromatic rings. The Bertz CT molecular complexity index is 841. The van der Waals surface area contributed by atoms with Crippen LogP contribution in [0.2, 0.25) is 0 Å². The second-order valence-electron chi connectivity index (χ2n) is 5.99. The van der Waals surface area contributed by atoms with E-state index < -0.39 is 18.2 Å². The van der Waals surface area contributed by atoms with Crippen molar-refractivity contribution in [1.29, 1.82) is 0 Å². The predicted molar refractivity (Wildman–Crippen MR) is 85.3 cm³/mol. The van der Waals surface area contributed by atoms with Gasteiger partial charge in [0.25, 0.3) is 5.91 Å². The zero-order valence-electron chi connectivity index (χ0n) is 13.3. The summed E-state index contributed by atoms with van der Waals surface area (Å²) in [5.74, 6) is -0.757. The fraction of sp³-hybridized carbons (Fsp3) is 0.235. The van der Waals surface area contributed by atoms with Crippen molar-refractivity contribution < 1.29 is 27.9 Å². The number of hydrazine groups is 2. The summed E-state index contributed by atoms with van der Waals surface area (Å²) in [5, 5.41) is 13.8. The van der Waals surface area contributed by atoms with E-state index in [2.05, 4.69) is 4.74 Å². The van der Waals surface area contributed by atoms with Crippen LogP contribution in [0.15, 0.2) is 48.5 Å². The van der Waals surface area contributed by atoms with E-state index in [1.165, 1.54) is 17.1 Å². The maximum atomic E-state index is 12.7. The minimum Gasteiger partial charge on any atom is -0.406 e. The van der Waals surface area contributed by atoms with Crippen LogP contribution in [-0.4, -0.2) is 28.8 Å². The van der Waals surface area contributed by atoms with Gasteiger partial charge in [-0.1, -0.05) is 18.2 Å². The molecule has 0 aliphatic carbocycles. The van der Waals surface area contributed by atoms with Crippen molar-refractivity contribution in [2.75, 3.05) is 10.0 Å². The molecule has 9 heteroatoms. The van der Waals surface area contributed by atoms with E-state index in [9.17, 15) is 23.2 Å². The number of alkyl halides is 3. The first-order valence-electron chi connectivity index (χ1n) is 7.91. The highest BCUT2D eigenvalue weighted by Crippen LogP contribution is 2.38. The normalized spacial score (nSPS) is 20.2. The van der Waals surface area contributed by atoms with E-state index in [1.807, 2.05) is 24.3 Å². The number of carbonyl (C=O) groups is 1. The quantitative estimate of drug-likeness (QED) is 0.885. The molecular weight excluding hydrogens is 351 g/mol. The molecule has 0 radical (unpaired) electrons. The first-order chi connectivity index (χ1) is 12.3. The van der Waals surface area contributed by atoms with Crippen molar-refractivity contribution in [3.8, 4) is 5.75 Å². The molecule has 1 fully saturated rings. The van der Waals surface area contributed by atoms with Crippen molar-refractivity contribution in [3.05, 3.63) is 54.1 Å². The van der Waals surface area contributed by atoms with Crippen molar-refractivity contribution in [2.45, 2.75) is 25.2 Å². The lowest BCUT2D eigenvalue weighted by Gasteiger charge is -2.34. The first kappa shape index (κ1) is 16.7.